The fraction of sp³-hybridized carbons (Fsp3) is 0.143. The summed E-state index contributed by atoms with van der Waals surface area (Å²) in [5, 5.41) is 4.96. The number of ether oxygens (including phenoxy) is 2. The van der Waals surface area contributed by atoms with Gasteiger partial charge in [-0.2, -0.15) is 5.10 Å². The van der Waals surface area contributed by atoms with E-state index in [1.807, 2.05) is 18.2 Å². The number of rotatable bonds is 7. The molecule has 2 aromatic carbocycles. The first-order valence-electron chi connectivity index (χ1n) is 8.43. The molecule has 5 nitrogen and oxygen atoms in total. The third kappa shape index (κ3) is 4.55. The van der Waals surface area contributed by atoms with Crippen LogP contribution in [-0.4, -0.2) is 22.7 Å². The van der Waals surface area contributed by atoms with Gasteiger partial charge in [0.25, 0.3) is 0 Å². The van der Waals surface area contributed by atoms with E-state index < -0.39 is 0 Å². The predicted molar refractivity (Wildman–Crippen MR) is 110 cm³/mol. The number of allylic oxidation sites excluding steroid dienone is 1. The molecule has 7 heteroatoms. The van der Waals surface area contributed by atoms with Crippen LogP contribution in [0.15, 0.2) is 54.7 Å². The summed E-state index contributed by atoms with van der Waals surface area (Å²) in [6, 6.07) is 12.5. The van der Waals surface area contributed by atoms with Gasteiger partial charge in [0, 0.05) is 18.8 Å². The number of aryl methyl sites for hydroxylation is 1. The number of para-hydroxylation sites is 1. The minimum atomic E-state index is -0.154. The van der Waals surface area contributed by atoms with Gasteiger partial charge in [-0.25, -0.2) is 0 Å². The van der Waals surface area contributed by atoms with E-state index in [2.05, 4.69) is 5.10 Å². The van der Waals surface area contributed by atoms with Crippen LogP contribution >= 0.6 is 23.2 Å². The molecular weight excluding hydrogens is 399 g/mol. The summed E-state index contributed by atoms with van der Waals surface area (Å²) in [4.78, 5) is 12.4. The van der Waals surface area contributed by atoms with Gasteiger partial charge < -0.3 is 9.47 Å². The number of aromatic nitrogens is 2. The Morgan fingerprint density at radius 2 is 2.00 bits per heavy atom. The predicted octanol–water partition coefficient (Wildman–Crippen LogP) is 5.21. The normalized spacial score (nSPS) is 11.0. The molecule has 0 aliphatic rings. The first-order valence-corrected chi connectivity index (χ1v) is 9.19. The van der Waals surface area contributed by atoms with Crippen molar-refractivity contribution >= 4 is 35.1 Å². The number of benzene rings is 2. The standard InChI is InChI=1S/C21H18Cl2N2O3/c1-25-18(10-11-24-25)19(26)9-7-15-4-3-5-20(27-2)21(15)28-13-14-6-8-16(22)17(23)12-14/h3-12H,13H2,1-2H3/b9-7+. The van der Waals surface area contributed by atoms with E-state index >= 15 is 0 Å². The Hall–Kier alpha value is -2.76. The number of nitrogens with zero attached hydrogens (tertiary/aromatic N) is 2. The maximum Gasteiger partial charge on any atom is 0.203 e. The fourth-order valence-electron chi connectivity index (χ4n) is 2.63. The van der Waals surface area contributed by atoms with Crippen LogP contribution in [0.5, 0.6) is 11.5 Å². The van der Waals surface area contributed by atoms with E-state index in [4.69, 9.17) is 32.7 Å². The molecule has 1 aromatic heterocycles. The lowest BCUT2D eigenvalue weighted by molar-refractivity contribution is 0.103. The summed E-state index contributed by atoms with van der Waals surface area (Å²) in [6.45, 7) is 0.272. The van der Waals surface area contributed by atoms with Gasteiger partial charge in [0.2, 0.25) is 5.78 Å². The minimum absolute atomic E-state index is 0.154. The molecule has 144 valence electrons. The molecule has 0 amide bonds. The molecular formula is C21H18Cl2N2O3. The van der Waals surface area contributed by atoms with E-state index in [1.165, 1.54) is 10.8 Å². The summed E-state index contributed by atoms with van der Waals surface area (Å²) in [5.41, 5.74) is 2.08. The van der Waals surface area contributed by atoms with Crippen LogP contribution in [0.2, 0.25) is 10.0 Å². The molecule has 0 radical (unpaired) electrons. The first kappa shape index (κ1) is 20.0. The molecule has 28 heavy (non-hydrogen) atoms. The van der Waals surface area contributed by atoms with Crippen LogP contribution in [0.4, 0.5) is 0 Å². The molecule has 0 saturated heterocycles. The zero-order chi connectivity index (χ0) is 20.1. The third-order valence-electron chi connectivity index (χ3n) is 4.08. The lowest BCUT2D eigenvalue weighted by Crippen LogP contribution is -2.04. The van der Waals surface area contributed by atoms with Gasteiger partial charge in [-0.15, -0.1) is 0 Å². The van der Waals surface area contributed by atoms with Crippen molar-refractivity contribution in [2.24, 2.45) is 7.05 Å². The van der Waals surface area contributed by atoms with Crippen LogP contribution in [0, 0.1) is 0 Å². The third-order valence-corrected chi connectivity index (χ3v) is 4.82. The van der Waals surface area contributed by atoms with Crippen LogP contribution in [-0.2, 0) is 13.7 Å². The number of carbonyl (C=O) groups is 1. The highest BCUT2D eigenvalue weighted by Gasteiger charge is 2.11. The monoisotopic (exact) mass is 416 g/mol. The van der Waals surface area contributed by atoms with E-state index in [1.54, 1.807) is 50.7 Å². The number of hydrogen-bond acceptors (Lipinski definition) is 4. The second-order valence-corrected chi connectivity index (χ2v) is 6.77. The molecule has 0 spiro atoms. The van der Waals surface area contributed by atoms with Gasteiger partial charge in [-0.1, -0.05) is 41.4 Å². The number of methoxy groups -OCH3 is 1. The lowest BCUT2D eigenvalue weighted by Gasteiger charge is -2.14. The number of halogens is 2. The van der Waals surface area contributed by atoms with Crippen LogP contribution < -0.4 is 9.47 Å². The molecule has 1 heterocycles. The Morgan fingerprint density at radius 1 is 1.18 bits per heavy atom. The van der Waals surface area contributed by atoms with Crippen molar-refractivity contribution in [3.05, 3.63) is 81.6 Å². The van der Waals surface area contributed by atoms with Gasteiger partial charge in [0.15, 0.2) is 11.5 Å². The van der Waals surface area contributed by atoms with Crippen molar-refractivity contribution in [2.75, 3.05) is 7.11 Å². The molecule has 0 unspecified atom stereocenters. The minimum Gasteiger partial charge on any atom is -0.493 e. The van der Waals surface area contributed by atoms with E-state index in [9.17, 15) is 4.79 Å². The number of ketones is 1. The van der Waals surface area contributed by atoms with Crippen molar-refractivity contribution in [1.82, 2.24) is 9.78 Å². The molecule has 3 aromatic rings. The van der Waals surface area contributed by atoms with E-state index in [0.717, 1.165) is 11.1 Å². The zero-order valence-electron chi connectivity index (χ0n) is 15.4. The Morgan fingerprint density at radius 3 is 2.68 bits per heavy atom. The van der Waals surface area contributed by atoms with E-state index in [0.29, 0.717) is 27.2 Å². The Labute approximate surface area is 173 Å². The average molecular weight is 417 g/mol. The zero-order valence-corrected chi connectivity index (χ0v) is 16.9. The van der Waals surface area contributed by atoms with Gasteiger partial charge in [0.05, 0.1) is 17.2 Å². The van der Waals surface area contributed by atoms with Crippen LogP contribution in [0.1, 0.15) is 21.6 Å². The molecule has 0 fully saturated rings. The van der Waals surface area contributed by atoms with Gasteiger partial charge in [-0.3, -0.25) is 9.48 Å². The van der Waals surface area contributed by atoms with Crippen molar-refractivity contribution in [1.29, 1.82) is 0 Å². The highest BCUT2D eigenvalue weighted by Crippen LogP contribution is 2.33. The van der Waals surface area contributed by atoms with Crippen molar-refractivity contribution in [3.8, 4) is 11.5 Å². The number of hydrogen-bond donors (Lipinski definition) is 0. The maximum absolute atomic E-state index is 12.4. The molecule has 0 N–H and O–H groups in total. The van der Waals surface area contributed by atoms with Crippen molar-refractivity contribution in [3.63, 3.8) is 0 Å². The summed E-state index contributed by atoms with van der Waals surface area (Å²) in [7, 11) is 3.29. The molecule has 0 atom stereocenters. The Kier molecular flexibility index (Phi) is 6.39. The summed E-state index contributed by atoms with van der Waals surface area (Å²) >= 11 is 12.0. The summed E-state index contributed by atoms with van der Waals surface area (Å²) in [6.07, 6.45) is 4.76. The topological polar surface area (TPSA) is 53.3 Å². The Bertz CT molecular complexity index is 1030. The lowest BCUT2D eigenvalue weighted by atomic mass is 10.1. The van der Waals surface area contributed by atoms with Crippen molar-refractivity contribution < 1.29 is 14.3 Å². The highest BCUT2D eigenvalue weighted by molar-refractivity contribution is 6.42. The molecule has 0 aliphatic heterocycles. The largest absolute Gasteiger partial charge is 0.493 e. The van der Waals surface area contributed by atoms with Gasteiger partial charge >= 0.3 is 0 Å². The van der Waals surface area contributed by atoms with Crippen LogP contribution in [0.3, 0.4) is 0 Å². The molecule has 0 aliphatic carbocycles. The second kappa shape index (κ2) is 8.95. The number of carbonyl (C=O) groups excluding carboxylic acids is 1. The highest BCUT2D eigenvalue weighted by atomic mass is 35.5. The molecule has 0 bridgehead atoms. The maximum atomic E-state index is 12.4. The fourth-order valence-corrected chi connectivity index (χ4v) is 2.95. The van der Waals surface area contributed by atoms with Crippen molar-refractivity contribution in [2.45, 2.75) is 6.61 Å². The summed E-state index contributed by atoms with van der Waals surface area (Å²) < 4.78 is 12.9. The molecule has 0 saturated carbocycles. The van der Waals surface area contributed by atoms with E-state index in [-0.39, 0.29) is 12.4 Å². The smallest absolute Gasteiger partial charge is 0.203 e. The SMILES string of the molecule is COc1cccc(/C=C/C(=O)c2ccnn2C)c1OCc1ccc(Cl)c(Cl)c1. The van der Waals surface area contributed by atoms with Gasteiger partial charge in [-0.05, 0) is 42.0 Å². The second-order valence-electron chi connectivity index (χ2n) is 5.95. The Balaban J connectivity index is 1.83. The average Bonchev–Trinajstić information content (AvgIpc) is 3.13. The first-order chi connectivity index (χ1) is 13.5. The molecule has 3 rings (SSSR count). The van der Waals surface area contributed by atoms with Gasteiger partial charge in [0.1, 0.15) is 12.3 Å². The summed E-state index contributed by atoms with van der Waals surface area (Å²) in [5.74, 6) is 0.943. The quantitative estimate of drug-likeness (QED) is 0.391. The van der Waals surface area contributed by atoms with Crippen LogP contribution in [0.25, 0.3) is 6.08 Å².